The molecule has 27 heavy (non-hydrogen) atoms. The van der Waals surface area contributed by atoms with Gasteiger partial charge in [0.05, 0.1) is 38.8 Å². The van der Waals surface area contributed by atoms with Gasteiger partial charge in [0.1, 0.15) is 11.5 Å². The molecule has 6 nitrogen and oxygen atoms in total. The number of morpholine rings is 1. The van der Waals surface area contributed by atoms with E-state index < -0.39 is 0 Å². The lowest BCUT2D eigenvalue weighted by molar-refractivity contribution is -0.111. The molecule has 0 saturated carbocycles. The molecule has 0 spiro atoms. The summed E-state index contributed by atoms with van der Waals surface area (Å²) in [6.45, 7) is 3.01. The second kappa shape index (κ2) is 9.09. The van der Waals surface area contributed by atoms with E-state index in [4.69, 9.17) is 14.2 Å². The highest BCUT2D eigenvalue weighted by Crippen LogP contribution is 2.27. The Labute approximate surface area is 159 Å². The first-order valence-electron chi connectivity index (χ1n) is 8.84. The Hall–Kier alpha value is -2.99. The average molecular weight is 368 g/mol. The summed E-state index contributed by atoms with van der Waals surface area (Å²) in [5.74, 6) is 1.15. The van der Waals surface area contributed by atoms with Crippen molar-refractivity contribution in [1.29, 1.82) is 0 Å². The number of nitrogens with one attached hydrogen (secondary N) is 1. The summed E-state index contributed by atoms with van der Waals surface area (Å²) >= 11 is 0. The molecule has 3 rings (SSSR count). The SMILES string of the molecule is COc1ccc(C=CC(=O)Nc2ccccc2N2CCOCC2)c(OC)c1. The highest BCUT2D eigenvalue weighted by atomic mass is 16.5. The Bertz CT molecular complexity index is 814. The van der Waals surface area contributed by atoms with Crippen LogP contribution >= 0.6 is 0 Å². The van der Waals surface area contributed by atoms with Gasteiger partial charge in [-0.05, 0) is 30.3 Å². The smallest absolute Gasteiger partial charge is 0.248 e. The van der Waals surface area contributed by atoms with Gasteiger partial charge < -0.3 is 24.4 Å². The van der Waals surface area contributed by atoms with Crippen molar-refractivity contribution in [3.8, 4) is 11.5 Å². The van der Waals surface area contributed by atoms with Crippen LogP contribution < -0.4 is 19.7 Å². The number of carbonyl (C=O) groups excluding carboxylic acids is 1. The molecule has 1 heterocycles. The molecule has 0 radical (unpaired) electrons. The van der Waals surface area contributed by atoms with E-state index in [1.165, 1.54) is 6.08 Å². The summed E-state index contributed by atoms with van der Waals surface area (Å²) < 4.78 is 16.0. The number of ether oxygens (including phenoxy) is 3. The molecule has 0 aliphatic carbocycles. The van der Waals surface area contributed by atoms with Crippen LogP contribution in [0.2, 0.25) is 0 Å². The fraction of sp³-hybridized carbons (Fsp3) is 0.286. The number of hydrogen-bond donors (Lipinski definition) is 1. The largest absolute Gasteiger partial charge is 0.497 e. The van der Waals surface area contributed by atoms with Crippen LogP contribution in [0.5, 0.6) is 11.5 Å². The second-order valence-electron chi connectivity index (χ2n) is 6.05. The molecule has 2 aromatic rings. The van der Waals surface area contributed by atoms with E-state index in [0.717, 1.165) is 30.0 Å². The number of nitrogens with zero attached hydrogens (tertiary/aromatic N) is 1. The molecule has 0 atom stereocenters. The molecular weight excluding hydrogens is 344 g/mol. The lowest BCUT2D eigenvalue weighted by Gasteiger charge is -2.30. The Kier molecular flexibility index (Phi) is 6.33. The minimum absolute atomic E-state index is 0.200. The predicted octanol–water partition coefficient (Wildman–Crippen LogP) is 3.19. The Morgan fingerprint density at radius 2 is 1.89 bits per heavy atom. The van der Waals surface area contributed by atoms with Crippen LogP contribution in [-0.4, -0.2) is 46.4 Å². The Morgan fingerprint density at radius 3 is 2.63 bits per heavy atom. The summed E-state index contributed by atoms with van der Waals surface area (Å²) in [4.78, 5) is 14.7. The van der Waals surface area contributed by atoms with Gasteiger partial charge >= 0.3 is 0 Å². The van der Waals surface area contributed by atoms with E-state index in [1.54, 1.807) is 26.4 Å². The third-order valence-electron chi connectivity index (χ3n) is 4.37. The normalized spacial score (nSPS) is 14.2. The third kappa shape index (κ3) is 4.80. The van der Waals surface area contributed by atoms with Crippen molar-refractivity contribution in [3.05, 3.63) is 54.1 Å². The van der Waals surface area contributed by atoms with Gasteiger partial charge in [0.25, 0.3) is 0 Å². The molecule has 0 unspecified atom stereocenters. The number of anilines is 2. The molecule has 1 aliphatic heterocycles. The number of carbonyl (C=O) groups is 1. The fourth-order valence-electron chi connectivity index (χ4n) is 2.96. The summed E-state index contributed by atoms with van der Waals surface area (Å²) in [7, 11) is 3.19. The summed E-state index contributed by atoms with van der Waals surface area (Å²) in [6, 6.07) is 13.3. The third-order valence-corrected chi connectivity index (χ3v) is 4.37. The summed E-state index contributed by atoms with van der Waals surface area (Å²) in [5.41, 5.74) is 2.59. The fourth-order valence-corrected chi connectivity index (χ4v) is 2.96. The van der Waals surface area contributed by atoms with Gasteiger partial charge in [0.2, 0.25) is 5.91 Å². The van der Waals surface area contributed by atoms with Gasteiger partial charge in [-0.15, -0.1) is 0 Å². The molecule has 6 heteroatoms. The van der Waals surface area contributed by atoms with Gasteiger partial charge in [-0.2, -0.15) is 0 Å². The van der Waals surface area contributed by atoms with Gasteiger partial charge in [-0.25, -0.2) is 0 Å². The van der Waals surface area contributed by atoms with Crippen molar-refractivity contribution < 1.29 is 19.0 Å². The van der Waals surface area contributed by atoms with E-state index in [9.17, 15) is 4.79 Å². The van der Waals surface area contributed by atoms with Crippen molar-refractivity contribution >= 4 is 23.4 Å². The monoisotopic (exact) mass is 368 g/mol. The van der Waals surface area contributed by atoms with E-state index in [2.05, 4.69) is 10.2 Å². The van der Waals surface area contributed by atoms with Gasteiger partial charge in [-0.3, -0.25) is 4.79 Å². The minimum atomic E-state index is -0.200. The summed E-state index contributed by atoms with van der Waals surface area (Å²) in [6.07, 6.45) is 3.23. The van der Waals surface area contributed by atoms with Crippen LogP contribution in [0.15, 0.2) is 48.5 Å². The minimum Gasteiger partial charge on any atom is -0.497 e. The zero-order valence-electron chi connectivity index (χ0n) is 15.6. The Balaban J connectivity index is 1.72. The van der Waals surface area contributed by atoms with Crippen LogP contribution in [0, 0.1) is 0 Å². The molecule has 2 aromatic carbocycles. The molecule has 0 bridgehead atoms. The van der Waals surface area contributed by atoms with Gasteiger partial charge in [0.15, 0.2) is 0 Å². The van der Waals surface area contributed by atoms with Crippen molar-refractivity contribution in [1.82, 2.24) is 0 Å². The van der Waals surface area contributed by atoms with E-state index in [1.807, 2.05) is 36.4 Å². The lowest BCUT2D eigenvalue weighted by atomic mass is 10.1. The molecule has 1 saturated heterocycles. The average Bonchev–Trinajstić information content (AvgIpc) is 2.73. The van der Waals surface area contributed by atoms with Crippen LogP contribution in [0.4, 0.5) is 11.4 Å². The maximum Gasteiger partial charge on any atom is 0.248 e. The van der Waals surface area contributed by atoms with Crippen LogP contribution in [0.25, 0.3) is 6.08 Å². The molecule has 1 N–H and O–H groups in total. The van der Waals surface area contributed by atoms with Crippen molar-refractivity contribution in [2.45, 2.75) is 0 Å². The van der Waals surface area contributed by atoms with Gasteiger partial charge in [0, 0.05) is 30.8 Å². The number of hydrogen-bond acceptors (Lipinski definition) is 5. The first kappa shape index (κ1) is 18.8. The second-order valence-corrected chi connectivity index (χ2v) is 6.05. The highest BCUT2D eigenvalue weighted by Gasteiger charge is 2.15. The maximum atomic E-state index is 12.4. The zero-order chi connectivity index (χ0) is 19.1. The zero-order valence-corrected chi connectivity index (χ0v) is 15.6. The highest BCUT2D eigenvalue weighted by molar-refractivity contribution is 6.04. The van der Waals surface area contributed by atoms with Crippen LogP contribution in [-0.2, 0) is 9.53 Å². The van der Waals surface area contributed by atoms with E-state index in [-0.39, 0.29) is 5.91 Å². The molecule has 1 fully saturated rings. The van der Waals surface area contributed by atoms with Crippen molar-refractivity contribution in [2.24, 2.45) is 0 Å². The van der Waals surface area contributed by atoms with Crippen molar-refractivity contribution in [2.75, 3.05) is 50.7 Å². The lowest BCUT2D eigenvalue weighted by Crippen LogP contribution is -2.36. The number of methoxy groups -OCH3 is 2. The maximum absolute atomic E-state index is 12.4. The quantitative estimate of drug-likeness (QED) is 0.794. The number of rotatable bonds is 6. The molecule has 1 amide bonds. The van der Waals surface area contributed by atoms with E-state index in [0.29, 0.717) is 24.7 Å². The standard InChI is InChI=1S/C21H24N2O4/c1-25-17-9-7-16(20(15-17)26-2)8-10-21(24)22-18-5-3-4-6-19(18)23-11-13-27-14-12-23/h3-10,15H,11-14H2,1-2H3,(H,22,24). The molecule has 142 valence electrons. The molecular formula is C21H24N2O4. The van der Waals surface area contributed by atoms with Crippen LogP contribution in [0.1, 0.15) is 5.56 Å². The molecule has 1 aliphatic rings. The van der Waals surface area contributed by atoms with Crippen LogP contribution in [0.3, 0.4) is 0 Å². The number of benzene rings is 2. The van der Waals surface area contributed by atoms with Crippen molar-refractivity contribution in [3.63, 3.8) is 0 Å². The Morgan fingerprint density at radius 1 is 1.11 bits per heavy atom. The van der Waals surface area contributed by atoms with Gasteiger partial charge in [-0.1, -0.05) is 12.1 Å². The van der Waals surface area contributed by atoms with E-state index >= 15 is 0 Å². The summed E-state index contributed by atoms with van der Waals surface area (Å²) in [5, 5.41) is 2.96. The number of para-hydroxylation sites is 2. The first-order chi connectivity index (χ1) is 13.2. The number of amides is 1. The predicted molar refractivity (Wildman–Crippen MR) is 107 cm³/mol. The first-order valence-corrected chi connectivity index (χ1v) is 8.84. The molecule has 0 aromatic heterocycles. The topological polar surface area (TPSA) is 60.0 Å².